The van der Waals surface area contributed by atoms with Gasteiger partial charge in [-0.2, -0.15) is 0 Å². The molecule has 17 heavy (non-hydrogen) atoms. The lowest BCUT2D eigenvalue weighted by atomic mass is 10.2. The second kappa shape index (κ2) is 6.44. The minimum atomic E-state index is -0.999. The molecule has 1 rings (SSSR count). The number of hydrogen-bond acceptors (Lipinski definition) is 3. The third-order valence-electron chi connectivity index (χ3n) is 2.89. The number of carbonyl (C=O) groups is 2. The first-order valence-corrected chi connectivity index (χ1v) is 5.98. The maximum Gasteiger partial charge on any atom is 0.326 e. The molecule has 0 saturated carbocycles. The number of ether oxygens (including phenoxy) is 1. The molecule has 1 fully saturated rings. The fourth-order valence-corrected chi connectivity index (χ4v) is 1.73. The maximum atomic E-state index is 11.8. The molecule has 0 bridgehead atoms. The van der Waals surface area contributed by atoms with E-state index in [1.165, 1.54) is 0 Å². The molecule has 2 amide bonds. The van der Waals surface area contributed by atoms with E-state index in [0.717, 1.165) is 6.42 Å². The van der Waals surface area contributed by atoms with Crippen molar-refractivity contribution in [3.05, 3.63) is 0 Å². The van der Waals surface area contributed by atoms with Gasteiger partial charge < -0.3 is 20.1 Å². The van der Waals surface area contributed by atoms with Crippen molar-refractivity contribution in [1.82, 2.24) is 10.2 Å². The van der Waals surface area contributed by atoms with Crippen LogP contribution in [0.25, 0.3) is 0 Å². The van der Waals surface area contributed by atoms with E-state index in [0.29, 0.717) is 26.1 Å². The Hall–Kier alpha value is -1.30. The average molecular weight is 244 g/mol. The zero-order chi connectivity index (χ0) is 12.8. The zero-order valence-corrected chi connectivity index (χ0v) is 10.3. The molecule has 1 aliphatic heterocycles. The predicted octanol–water partition coefficient (Wildman–Crippen LogP) is 0.670. The van der Waals surface area contributed by atoms with Gasteiger partial charge in [-0.25, -0.2) is 9.59 Å². The van der Waals surface area contributed by atoms with Gasteiger partial charge >= 0.3 is 12.0 Å². The first kappa shape index (κ1) is 13.8. The van der Waals surface area contributed by atoms with E-state index in [4.69, 9.17) is 9.84 Å². The first-order valence-electron chi connectivity index (χ1n) is 5.98. The van der Waals surface area contributed by atoms with Crippen molar-refractivity contribution in [2.24, 2.45) is 0 Å². The number of aliphatic carboxylic acids is 1. The third-order valence-corrected chi connectivity index (χ3v) is 2.89. The lowest BCUT2D eigenvalue weighted by Gasteiger charge is -2.33. The highest BCUT2D eigenvalue weighted by Gasteiger charge is 2.26. The van der Waals surface area contributed by atoms with Gasteiger partial charge in [-0.1, -0.05) is 13.8 Å². The van der Waals surface area contributed by atoms with Crippen LogP contribution in [0.3, 0.4) is 0 Å². The highest BCUT2D eigenvalue weighted by molar-refractivity contribution is 5.82. The first-order chi connectivity index (χ1) is 8.08. The van der Waals surface area contributed by atoms with E-state index < -0.39 is 12.0 Å². The molecule has 0 aromatic carbocycles. The molecule has 1 aliphatic rings. The molecule has 1 unspecified atom stereocenters. The summed E-state index contributed by atoms with van der Waals surface area (Å²) >= 11 is 0. The van der Waals surface area contributed by atoms with Crippen molar-refractivity contribution in [1.29, 1.82) is 0 Å². The van der Waals surface area contributed by atoms with Crippen LogP contribution in [0.2, 0.25) is 0 Å². The van der Waals surface area contributed by atoms with Crippen LogP contribution in [0, 0.1) is 0 Å². The normalized spacial score (nSPS) is 22.0. The molecule has 0 aromatic heterocycles. The standard InChI is InChI=1S/C11H20N2O4/c1-3-8-7-13(5-6-17-8)11(16)12-9(4-2)10(14)15/h8-9H,3-7H2,1-2H3,(H,12,16)(H,14,15)/t8?,9-/m0/s1. The number of carboxylic acids is 1. The molecule has 6 nitrogen and oxygen atoms in total. The number of nitrogens with one attached hydrogen (secondary N) is 1. The molecule has 6 heteroatoms. The number of carbonyl (C=O) groups excluding carboxylic acids is 1. The molecule has 1 heterocycles. The van der Waals surface area contributed by atoms with E-state index in [-0.39, 0.29) is 12.1 Å². The van der Waals surface area contributed by atoms with Gasteiger partial charge in [0.15, 0.2) is 0 Å². The average Bonchev–Trinajstić information content (AvgIpc) is 2.35. The van der Waals surface area contributed by atoms with Gasteiger partial charge in [0.2, 0.25) is 0 Å². The highest BCUT2D eigenvalue weighted by atomic mass is 16.5. The number of nitrogens with zero attached hydrogens (tertiary/aromatic N) is 1. The Labute approximate surface area is 101 Å². The van der Waals surface area contributed by atoms with Crippen molar-refractivity contribution < 1.29 is 19.4 Å². The van der Waals surface area contributed by atoms with Gasteiger partial charge in [-0.05, 0) is 12.8 Å². The van der Waals surface area contributed by atoms with Gasteiger partial charge in [-0.15, -0.1) is 0 Å². The fourth-order valence-electron chi connectivity index (χ4n) is 1.73. The number of morpholine rings is 1. The van der Waals surface area contributed by atoms with Gasteiger partial charge in [-0.3, -0.25) is 0 Å². The molecule has 0 aromatic rings. The quantitative estimate of drug-likeness (QED) is 0.762. The zero-order valence-electron chi connectivity index (χ0n) is 10.3. The topological polar surface area (TPSA) is 78.9 Å². The fraction of sp³-hybridized carbons (Fsp3) is 0.818. The minimum absolute atomic E-state index is 0.0550. The maximum absolute atomic E-state index is 11.8. The Balaban J connectivity index is 2.48. The van der Waals surface area contributed by atoms with E-state index in [1.807, 2.05) is 6.92 Å². The summed E-state index contributed by atoms with van der Waals surface area (Å²) < 4.78 is 5.45. The summed E-state index contributed by atoms with van der Waals surface area (Å²) in [6, 6.07) is -1.13. The molecule has 2 atom stereocenters. The summed E-state index contributed by atoms with van der Waals surface area (Å²) in [5, 5.41) is 11.4. The van der Waals surface area contributed by atoms with Gasteiger partial charge in [0, 0.05) is 13.1 Å². The second-order valence-electron chi connectivity index (χ2n) is 4.10. The van der Waals surface area contributed by atoms with Crippen LogP contribution in [0.4, 0.5) is 4.79 Å². The number of carboxylic acid groups (broad SMARTS) is 1. The number of amides is 2. The van der Waals surface area contributed by atoms with E-state index in [1.54, 1.807) is 11.8 Å². The van der Waals surface area contributed by atoms with E-state index in [2.05, 4.69) is 5.32 Å². The molecule has 0 spiro atoms. The number of rotatable bonds is 4. The Morgan fingerprint density at radius 2 is 2.24 bits per heavy atom. The van der Waals surface area contributed by atoms with Gasteiger partial charge in [0.1, 0.15) is 6.04 Å². The summed E-state index contributed by atoms with van der Waals surface area (Å²) in [4.78, 5) is 24.3. The molecule has 2 N–H and O–H groups in total. The molecule has 1 saturated heterocycles. The summed E-state index contributed by atoms with van der Waals surface area (Å²) in [5.41, 5.74) is 0. The Bertz CT molecular complexity index is 283. The van der Waals surface area contributed by atoms with Crippen molar-refractivity contribution in [2.45, 2.75) is 38.8 Å². The van der Waals surface area contributed by atoms with Crippen LogP contribution in [-0.2, 0) is 9.53 Å². The van der Waals surface area contributed by atoms with Crippen LogP contribution < -0.4 is 5.32 Å². The van der Waals surface area contributed by atoms with Crippen molar-refractivity contribution >= 4 is 12.0 Å². The summed E-state index contributed by atoms with van der Waals surface area (Å²) in [7, 11) is 0. The van der Waals surface area contributed by atoms with Crippen LogP contribution in [0.15, 0.2) is 0 Å². The lowest BCUT2D eigenvalue weighted by molar-refractivity contribution is -0.139. The van der Waals surface area contributed by atoms with Crippen molar-refractivity contribution in [3.63, 3.8) is 0 Å². The molecule has 0 radical (unpaired) electrons. The predicted molar refractivity (Wildman–Crippen MR) is 61.9 cm³/mol. The Kier molecular flexibility index (Phi) is 5.21. The monoisotopic (exact) mass is 244 g/mol. The molecule has 0 aliphatic carbocycles. The summed E-state index contributed by atoms with van der Waals surface area (Å²) in [5.74, 6) is -0.999. The van der Waals surface area contributed by atoms with Crippen LogP contribution in [0.1, 0.15) is 26.7 Å². The Morgan fingerprint density at radius 1 is 1.53 bits per heavy atom. The molecular formula is C11H20N2O4. The number of hydrogen-bond donors (Lipinski definition) is 2. The van der Waals surface area contributed by atoms with E-state index >= 15 is 0 Å². The largest absolute Gasteiger partial charge is 0.480 e. The SMILES string of the molecule is CCC1CN(C(=O)N[C@@H](CC)C(=O)O)CCO1. The summed E-state index contributed by atoms with van der Waals surface area (Å²) in [6.07, 6.45) is 1.28. The third kappa shape index (κ3) is 3.89. The van der Waals surface area contributed by atoms with Crippen molar-refractivity contribution in [3.8, 4) is 0 Å². The van der Waals surface area contributed by atoms with Gasteiger partial charge in [0.25, 0.3) is 0 Å². The molecular weight excluding hydrogens is 224 g/mol. The number of urea groups is 1. The van der Waals surface area contributed by atoms with Crippen LogP contribution in [0.5, 0.6) is 0 Å². The second-order valence-corrected chi connectivity index (χ2v) is 4.10. The highest BCUT2D eigenvalue weighted by Crippen LogP contribution is 2.08. The van der Waals surface area contributed by atoms with Crippen molar-refractivity contribution in [2.75, 3.05) is 19.7 Å². The van der Waals surface area contributed by atoms with Crippen LogP contribution >= 0.6 is 0 Å². The van der Waals surface area contributed by atoms with Crippen LogP contribution in [-0.4, -0.2) is 53.8 Å². The lowest BCUT2D eigenvalue weighted by Crippen LogP contribution is -2.53. The molecule has 98 valence electrons. The minimum Gasteiger partial charge on any atom is -0.480 e. The van der Waals surface area contributed by atoms with E-state index in [9.17, 15) is 9.59 Å². The Morgan fingerprint density at radius 3 is 2.76 bits per heavy atom. The smallest absolute Gasteiger partial charge is 0.326 e. The summed E-state index contributed by atoms with van der Waals surface area (Å²) in [6.45, 7) is 5.28. The van der Waals surface area contributed by atoms with Gasteiger partial charge in [0.05, 0.1) is 12.7 Å².